The van der Waals surface area contributed by atoms with Crippen LogP contribution >= 0.6 is 0 Å². The summed E-state index contributed by atoms with van der Waals surface area (Å²) in [4.78, 5) is 28.7. The van der Waals surface area contributed by atoms with Crippen LogP contribution in [-0.2, 0) is 4.74 Å². The lowest BCUT2D eigenvalue weighted by Gasteiger charge is -2.29. The molecule has 41 heavy (non-hydrogen) atoms. The maximum absolute atomic E-state index is 14.5. The molecule has 0 spiro atoms. The monoisotopic (exact) mass is 557 g/mol. The summed E-state index contributed by atoms with van der Waals surface area (Å²) >= 11 is 0. The average molecular weight is 558 g/mol. The van der Waals surface area contributed by atoms with Crippen molar-refractivity contribution in [3.63, 3.8) is 0 Å². The second-order valence-corrected chi connectivity index (χ2v) is 11.7. The number of aryl methyl sites for hydroxylation is 1. The number of ether oxygens (including phenoxy) is 1. The Morgan fingerprint density at radius 1 is 1.00 bits per heavy atom. The predicted molar refractivity (Wildman–Crippen MR) is 160 cm³/mol. The Morgan fingerprint density at radius 3 is 2.37 bits per heavy atom. The lowest BCUT2D eigenvalue weighted by Crippen LogP contribution is -2.29. The van der Waals surface area contributed by atoms with Crippen LogP contribution in [0.1, 0.15) is 61.0 Å². The molecule has 4 aromatic rings. The van der Waals surface area contributed by atoms with E-state index in [1.54, 1.807) is 45.0 Å². The molecule has 1 saturated heterocycles. The first-order chi connectivity index (χ1) is 19.5. The minimum absolute atomic E-state index is 0.225. The summed E-state index contributed by atoms with van der Waals surface area (Å²) in [6.45, 7) is 9.25. The summed E-state index contributed by atoms with van der Waals surface area (Å²) in [6, 6.07) is 17.8. The summed E-state index contributed by atoms with van der Waals surface area (Å²) < 4.78 is 21.2. The zero-order valence-corrected chi connectivity index (χ0v) is 24.1. The second kappa shape index (κ2) is 11.3. The Kier molecular flexibility index (Phi) is 7.82. The van der Waals surface area contributed by atoms with Crippen LogP contribution in [0.15, 0.2) is 60.7 Å². The minimum atomic E-state index is -0.755. The fourth-order valence-electron chi connectivity index (χ4n) is 5.03. The maximum atomic E-state index is 14.5. The smallest absolute Gasteiger partial charge is 0.435 e. The van der Waals surface area contributed by atoms with Gasteiger partial charge in [-0.2, -0.15) is 4.68 Å². The van der Waals surface area contributed by atoms with Crippen molar-refractivity contribution in [3.8, 4) is 0 Å². The Labute approximate surface area is 239 Å². The molecule has 1 aliphatic rings. The summed E-state index contributed by atoms with van der Waals surface area (Å²) in [5.41, 5.74) is 3.04. The number of likely N-dealkylation sites (tertiary alicyclic amines) is 1. The Morgan fingerprint density at radius 2 is 1.71 bits per heavy atom. The predicted octanol–water partition coefficient (Wildman–Crippen LogP) is 7.07. The van der Waals surface area contributed by atoms with Crippen molar-refractivity contribution in [2.75, 3.05) is 30.8 Å². The first-order valence-electron chi connectivity index (χ1n) is 13.9. The van der Waals surface area contributed by atoms with Gasteiger partial charge in [-0.05, 0) is 120 Å². The van der Waals surface area contributed by atoms with Gasteiger partial charge >= 0.3 is 6.09 Å². The van der Waals surface area contributed by atoms with Crippen LogP contribution < -0.4 is 10.6 Å². The number of halogens is 1. The molecular formula is C32H36FN5O3. The van der Waals surface area contributed by atoms with E-state index >= 15 is 0 Å². The molecule has 1 aromatic heterocycles. The zero-order valence-electron chi connectivity index (χ0n) is 24.1. The normalized spacial score (nSPS) is 14.7. The molecule has 8 nitrogen and oxygen atoms in total. The SMILES string of the molecule is Cc1ccc(Nc2ccc3c(NC(=O)c4ccc(C5CCN(C)CC5)cc4)nn(C(=O)OC(C)(C)C)c3c2)c(F)c1. The van der Waals surface area contributed by atoms with Crippen molar-refractivity contribution >= 4 is 40.1 Å². The van der Waals surface area contributed by atoms with Crippen molar-refractivity contribution in [2.45, 2.75) is 52.1 Å². The van der Waals surface area contributed by atoms with E-state index in [4.69, 9.17) is 4.74 Å². The van der Waals surface area contributed by atoms with Crippen LogP contribution in [0.25, 0.3) is 10.9 Å². The number of carbonyl (C=O) groups excluding carboxylic acids is 2. The van der Waals surface area contributed by atoms with Crippen LogP contribution in [0.3, 0.4) is 0 Å². The van der Waals surface area contributed by atoms with Gasteiger partial charge < -0.3 is 20.3 Å². The number of hydrogen-bond donors (Lipinski definition) is 2. The summed E-state index contributed by atoms with van der Waals surface area (Å²) in [6.07, 6.45) is 1.51. The highest BCUT2D eigenvalue weighted by Crippen LogP contribution is 2.31. The molecule has 0 atom stereocenters. The number of benzene rings is 3. The summed E-state index contributed by atoms with van der Waals surface area (Å²) in [5.74, 6) is -0.00331. The van der Waals surface area contributed by atoms with Gasteiger partial charge in [0.25, 0.3) is 5.91 Å². The summed E-state index contributed by atoms with van der Waals surface area (Å²) in [5, 5.41) is 10.9. The highest BCUT2D eigenvalue weighted by atomic mass is 19.1. The molecule has 9 heteroatoms. The highest BCUT2D eigenvalue weighted by Gasteiger charge is 2.24. The van der Waals surface area contributed by atoms with Gasteiger partial charge in [-0.25, -0.2) is 9.18 Å². The van der Waals surface area contributed by atoms with Gasteiger partial charge in [-0.15, -0.1) is 5.10 Å². The number of piperidine rings is 1. The third-order valence-corrected chi connectivity index (χ3v) is 7.25. The van der Waals surface area contributed by atoms with Crippen LogP contribution in [-0.4, -0.2) is 52.4 Å². The van der Waals surface area contributed by atoms with Crippen molar-refractivity contribution in [1.29, 1.82) is 0 Å². The fourth-order valence-corrected chi connectivity index (χ4v) is 5.03. The molecule has 1 aliphatic heterocycles. The number of aromatic nitrogens is 2. The number of nitrogens with one attached hydrogen (secondary N) is 2. The number of fused-ring (bicyclic) bond motifs is 1. The first kappa shape index (κ1) is 28.3. The van der Waals surface area contributed by atoms with E-state index in [-0.39, 0.29) is 17.5 Å². The molecule has 214 valence electrons. The minimum Gasteiger partial charge on any atom is -0.442 e. The Bertz CT molecular complexity index is 1580. The van der Waals surface area contributed by atoms with Crippen LogP contribution in [0.2, 0.25) is 0 Å². The van der Waals surface area contributed by atoms with Crippen molar-refractivity contribution in [3.05, 3.63) is 83.2 Å². The molecule has 0 saturated carbocycles. The molecule has 1 amide bonds. The second-order valence-electron chi connectivity index (χ2n) is 11.7. The first-order valence-corrected chi connectivity index (χ1v) is 13.9. The van der Waals surface area contributed by atoms with E-state index in [2.05, 4.69) is 27.7 Å². The van der Waals surface area contributed by atoms with Gasteiger partial charge in [0, 0.05) is 16.6 Å². The third-order valence-electron chi connectivity index (χ3n) is 7.25. The van der Waals surface area contributed by atoms with Crippen LogP contribution in [0, 0.1) is 12.7 Å². The molecule has 0 bridgehead atoms. The summed E-state index contributed by atoms with van der Waals surface area (Å²) in [7, 11) is 2.14. The molecule has 3 aromatic carbocycles. The molecule has 0 aliphatic carbocycles. The van der Waals surface area contributed by atoms with Gasteiger partial charge in [0.15, 0.2) is 5.82 Å². The average Bonchev–Trinajstić information content (AvgIpc) is 3.27. The molecule has 1 fully saturated rings. The van der Waals surface area contributed by atoms with Gasteiger partial charge in [-0.3, -0.25) is 4.79 Å². The van der Waals surface area contributed by atoms with E-state index in [1.807, 2.05) is 37.3 Å². The zero-order chi connectivity index (χ0) is 29.3. The standard InChI is InChI=1S/C32H36FN5O3/c1-20-6-13-27(26(33)18-20)34-24-11-12-25-28(19-24)38(31(40)41-32(2,3)4)36-29(25)35-30(39)23-9-7-21(8-10-23)22-14-16-37(5)17-15-22/h6-13,18-19,22,34H,14-17H2,1-5H3,(H,35,36,39). The molecule has 2 heterocycles. The lowest BCUT2D eigenvalue weighted by atomic mass is 9.89. The van der Waals surface area contributed by atoms with E-state index in [0.717, 1.165) is 36.2 Å². The lowest BCUT2D eigenvalue weighted by molar-refractivity contribution is 0.0522. The molecule has 2 N–H and O–H groups in total. The third kappa shape index (κ3) is 6.57. The van der Waals surface area contributed by atoms with Crippen molar-refractivity contribution in [2.24, 2.45) is 0 Å². The quantitative estimate of drug-likeness (QED) is 0.273. The van der Waals surface area contributed by atoms with E-state index in [9.17, 15) is 14.0 Å². The van der Waals surface area contributed by atoms with Gasteiger partial charge in [0.2, 0.25) is 0 Å². The number of rotatable bonds is 5. The van der Waals surface area contributed by atoms with Gasteiger partial charge in [-0.1, -0.05) is 18.2 Å². The molecule has 0 unspecified atom stereocenters. The molecule has 0 radical (unpaired) electrons. The number of amides is 1. The molecular weight excluding hydrogens is 521 g/mol. The van der Waals surface area contributed by atoms with Crippen molar-refractivity contribution in [1.82, 2.24) is 14.7 Å². The highest BCUT2D eigenvalue weighted by molar-refractivity contribution is 6.09. The van der Waals surface area contributed by atoms with Gasteiger partial charge in [0.1, 0.15) is 11.4 Å². The Balaban J connectivity index is 1.42. The van der Waals surface area contributed by atoms with Gasteiger partial charge in [0.05, 0.1) is 11.2 Å². The number of anilines is 3. The fraction of sp³-hybridized carbons (Fsp3) is 0.344. The van der Waals surface area contributed by atoms with Crippen LogP contribution in [0.4, 0.5) is 26.4 Å². The Hall–Kier alpha value is -4.24. The van der Waals surface area contributed by atoms with Crippen molar-refractivity contribution < 1.29 is 18.7 Å². The number of nitrogens with zero attached hydrogens (tertiary/aromatic N) is 3. The number of hydrogen-bond acceptors (Lipinski definition) is 6. The molecule has 5 rings (SSSR count). The van der Waals surface area contributed by atoms with Crippen LogP contribution in [0.5, 0.6) is 0 Å². The largest absolute Gasteiger partial charge is 0.442 e. The number of carbonyl (C=O) groups is 2. The van der Waals surface area contributed by atoms with E-state index in [1.165, 1.54) is 11.6 Å². The topological polar surface area (TPSA) is 88.5 Å². The maximum Gasteiger partial charge on any atom is 0.435 e. The van der Waals surface area contributed by atoms with E-state index < -0.39 is 11.7 Å². The van der Waals surface area contributed by atoms with E-state index in [0.29, 0.717) is 33.8 Å².